The van der Waals surface area contributed by atoms with Gasteiger partial charge in [-0.1, -0.05) is 22.8 Å². The molecule has 8 nitrogen and oxygen atoms in total. The second-order valence-electron chi connectivity index (χ2n) is 6.47. The van der Waals surface area contributed by atoms with Gasteiger partial charge in [0.05, 0.1) is 6.54 Å². The molecule has 3 aromatic rings. The van der Waals surface area contributed by atoms with Crippen LogP contribution < -0.4 is 4.90 Å². The van der Waals surface area contributed by atoms with Crippen molar-refractivity contribution in [3.8, 4) is 11.4 Å². The molecule has 0 spiro atoms. The smallest absolute Gasteiger partial charge is 0.354 e. The van der Waals surface area contributed by atoms with E-state index in [1.807, 2.05) is 18.2 Å². The molecule has 0 saturated carbocycles. The van der Waals surface area contributed by atoms with Crippen LogP contribution in [0.15, 0.2) is 47.0 Å². The van der Waals surface area contributed by atoms with Crippen LogP contribution in [-0.2, 0) is 6.54 Å². The first kappa shape index (κ1) is 18.4. The third-order valence-corrected chi connectivity index (χ3v) is 4.83. The maximum atomic E-state index is 11.1. The van der Waals surface area contributed by atoms with Gasteiger partial charge in [-0.25, -0.2) is 9.78 Å². The molecular formula is C19H18ClN5O3. The third-order valence-electron chi connectivity index (χ3n) is 4.58. The Hall–Kier alpha value is -2.97. The van der Waals surface area contributed by atoms with Gasteiger partial charge in [-0.15, -0.1) is 0 Å². The Balaban J connectivity index is 1.35. The van der Waals surface area contributed by atoms with Crippen LogP contribution >= 0.6 is 11.6 Å². The number of nitrogens with zero attached hydrogens (tertiary/aromatic N) is 5. The normalized spacial score (nSPS) is 15.0. The molecule has 0 unspecified atom stereocenters. The van der Waals surface area contributed by atoms with E-state index in [1.165, 1.54) is 6.07 Å². The second-order valence-corrected chi connectivity index (χ2v) is 6.90. The maximum absolute atomic E-state index is 11.1. The van der Waals surface area contributed by atoms with E-state index < -0.39 is 5.97 Å². The maximum Gasteiger partial charge on any atom is 0.354 e. The molecule has 2 aromatic heterocycles. The molecule has 28 heavy (non-hydrogen) atoms. The summed E-state index contributed by atoms with van der Waals surface area (Å²) in [5.41, 5.74) is 0.911. The Labute approximate surface area is 166 Å². The molecule has 0 atom stereocenters. The van der Waals surface area contributed by atoms with Gasteiger partial charge in [-0.05, 0) is 36.4 Å². The molecule has 1 saturated heterocycles. The summed E-state index contributed by atoms with van der Waals surface area (Å²) in [5.74, 6) is 0.764. The lowest BCUT2D eigenvalue weighted by Gasteiger charge is -2.34. The van der Waals surface area contributed by atoms with E-state index in [0.717, 1.165) is 31.7 Å². The van der Waals surface area contributed by atoms with E-state index in [4.69, 9.17) is 21.2 Å². The molecule has 144 valence electrons. The van der Waals surface area contributed by atoms with Crippen molar-refractivity contribution in [1.82, 2.24) is 20.0 Å². The van der Waals surface area contributed by atoms with E-state index in [2.05, 4.69) is 24.9 Å². The van der Waals surface area contributed by atoms with Gasteiger partial charge in [0.2, 0.25) is 11.7 Å². The molecule has 0 aliphatic carbocycles. The van der Waals surface area contributed by atoms with E-state index in [-0.39, 0.29) is 5.69 Å². The average molecular weight is 400 g/mol. The number of carbonyl (C=O) groups is 1. The van der Waals surface area contributed by atoms with Gasteiger partial charge in [0.1, 0.15) is 5.82 Å². The number of benzene rings is 1. The Morgan fingerprint density at radius 2 is 1.82 bits per heavy atom. The molecule has 0 bridgehead atoms. The molecule has 4 rings (SSSR count). The molecule has 3 heterocycles. The number of hydrogen-bond donors (Lipinski definition) is 1. The minimum absolute atomic E-state index is 0.0560. The van der Waals surface area contributed by atoms with Gasteiger partial charge >= 0.3 is 5.97 Å². The summed E-state index contributed by atoms with van der Waals surface area (Å²) < 4.78 is 5.38. The topological polar surface area (TPSA) is 95.6 Å². The van der Waals surface area contributed by atoms with Gasteiger partial charge in [0.15, 0.2) is 5.69 Å². The van der Waals surface area contributed by atoms with Crippen molar-refractivity contribution in [3.63, 3.8) is 0 Å². The molecule has 0 amide bonds. The van der Waals surface area contributed by atoms with Gasteiger partial charge in [0.25, 0.3) is 0 Å². The van der Waals surface area contributed by atoms with Crippen LogP contribution in [0.4, 0.5) is 5.82 Å². The van der Waals surface area contributed by atoms with Crippen molar-refractivity contribution in [2.75, 3.05) is 31.1 Å². The molecule has 1 N–H and O–H groups in total. The number of aromatic carboxylic acids is 1. The summed E-state index contributed by atoms with van der Waals surface area (Å²) in [6, 6.07) is 12.3. The summed E-state index contributed by atoms with van der Waals surface area (Å²) in [4.78, 5) is 24.1. The summed E-state index contributed by atoms with van der Waals surface area (Å²) in [6.07, 6.45) is 0. The molecule has 1 aliphatic heterocycles. The lowest BCUT2D eigenvalue weighted by atomic mass is 10.2. The highest BCUT2D eigenvalue weighted by Gasteiger charge is 2.21. The highest BCUT2D eigenvalue weighted by molar-refractivity contribution is 6.30. The summed E-state index contributed by atoms with van der Waals surface area (Å²) >= 11 is 5.90. The monoisotopic (exact) mass is 399 g/mol. The van der Waals surface area contributed by atoms with Crippen LogP contribution in [0.2, 0.25) is 5.02 Å². The number of aromatic nitrogens is 3. The first-order valence-corrected chi connectivity index (χ1v) is 9.22. The van der Waals surface area contributed by atoms with Gasteiger partial charge in [-0.3, -0.25) is 4.90 Å². The van der Waals surface area contributed by atoms with Crippen molar-refractivity contribution < 1.29 is 14.4 Å². The molecule has 9 heteroatoms. The van der Waals surface area contributed by atoms with Crippen LogP contribution in [0.1, 0.15) is 16.4 Å². The van der Waals surface area contributed by atoms with E-state index in [9.17, 15) is 4.79 Å². The average Bonchev–Trinajstić information content (AvgIpc) is 3.17. The fourth-order valence-electron chi connectivity index (χ4n) is 3.08. The Morgan fingerprint density at radius 3 is 2.54 bits per heavy atom. The van der Waals surface area contributed by atoms with Crippen LogP contribution in [-0.4, -0.2) is 57.3 Å². The molecule has 1 aliphatic rings. The van der Waals surface area contributed by atoms with Gasteiger partial charge in [-0.2, -0.15) is 4.98 Å². The first-order valence-electron chi connectivity index (χ1n) is 8.85. The Bertz CT molecular complexity index is 968. The van der Waals surface area contributed by atoms with Gasteiger partial charge < -0.3 is 14.5 Å². The van der Waals surface area contributed by atoms with E-state index >= 15 is 0 Å². The second kappa shape index (κ2) is 7.95. The SMILES string of the molecule is O=C(O)c1cccc(N2CCN(Cc3nc(-c4ccc(Cl)cc4)no3)CC2)n1. The zero-order valence-electron chi connectivity index (χ0n) is 15.0. The van der Waals surface area contributed by atoms with E-state index in [1.54, 1.807) is 18.2 Å². The highest BCUT2D eigenvalue weighted by atomic mass is 35.5. The summed E-state index contributed by atoms with van der Waals surface area (Å²) in [5, 5.41) is 13.8. The van der Waals surface area contributed by atoms with Crippen LogP contribution in [0.3, 0.4) is 0 Å². The minimum Gasteiger partial charge on any atom is -0.477 e. The van der Waals surface area contributed by atoms with Crippen LogP contribution in [0.5, 0.6) is 0 Å². The van der Waals surface area contributed by atoms with Crippen molar-refractivity contribution in [2.45, 2.75) is 6.54 Å². The van der Waals surface area contributed by atoms with Crippen molar-refractivity contribution >= 4 is 23.4 Å². The molecule has 1 fully saturated rings. The predicted molar refractivity (Wildman–Crippen MR) is 103 cm³/mol. The zero-order chi connectivity index (χ0) is 19.5. The Kier molecular flexibility index (Phi) is 5.23. The van der Waals surface area contributed by atoms with Crippen LogP contribution in [0.25, 0.3) is 11.4 Å². The number of rotatable bonds is 5. The first-order chi connectivity index (χ1) is 13.6. The fraction of sp³-hybridized carbons (Fsp3) is 0.263. The lowest BCUT2D eigenvalue weighted by Crippen LogP contribution is -2.46. The number of carboxylic acid groups (broad SMARTS) is 1. The van der Waals surface area contributed by atoms with Crippen molar-refractivity contribution in [1.29, 1.82) is 0 Å². The van der Waals surface area contributed by atoms with E-state index in [0.29, 0.717) is 29.1 Å². The largest absolute Gasteiger partial charge is 0.477 e. The number of hydrogen-bond acceptors (Lipinski definition) is 7. The predicted octanol–water partition coefficient (Wildman–Crippen LogP) is 2.81. The molecule has 1 aromatic carbocycles. The van der Waals surface area contributed by atoms with Gasteiger partial charge in [0, 0.05) is 36.8 Å². The quantitative estimate of drug-likeness (QED) is 0.699. The Morgan fingerprint density at radius 1 is 1.07 bits per heavy atom. The third kappa shape index (κ3) is 4.13. The number of piperazine rings is 1. The summed E-state index contributed by atoms with van der Waals surface area (Å²) in [6.45, 7) is 3.63. The van der Waals surface area contributed by atoms with Crippen molar-refractivity contribution in [2.24, 2.45) is 0 Å². The highest BCUT2D eigenvalue weighted by Crippen LogP contribution is 2.20. The van der Waals surface area contributed by atoms with Crippen molar-refractivity contribution in [3.05, 3.63) is 59.1 Å². The standard InChI is InChI=1S/C19H18ClN5O3/c20-14-6-4-13(5-7-14)18-22-17(28-23-18)12-24-8-10-25(11-9-24)16-3-1-2-15(21-16)19(26)27/h1-7H,8-12H2,(H,26,27). The molecular weight excluding hydrogens is 382 g/mol. The number of carboxylic acids is 1. The minimum atomic E-state index is -1.02. The summed E-state index contributed by atoms with van der Waals surface area (Å²) in [7, 11) is 0. The zero-order valence-corrected chi connectivity index (χ0v) is 15.7. The lowest BCUT2D eigenvalue weighted by molar-refractivity contribution is 0.0690. The number of anilines is 1. The van der Waals surface area contributed by atoms with Crippen LogP contribution in [0, 0.1) is 0 Å². The molecule has 0 radical (unpaired) electrons. The number of pyridine rings is 1. The fourth-order valence-corrected chi connectivity index (χ4v) is 3.21. The number of halogens is 1.